The van der Waals surface area contributed by atoms with E-state index in [4.69, 9.17) is 9.47 Å². The highest BCUT2D eigenvalue weighted by atomic mass is 32.2. The minimum absolute atomic E-state index is 0.0768. The number of carbonyl (C=O) groups is 1. The van der Waals surface area contributed by atoms with Crippen molar-refractivity contribution >= 4 is 21.7 Å². The number of allylic oxidation sites excluding steroid dienone is 1. The molecule has 0 bridgehead atoms. The van der Waals surface area contributed by atoms with Crippen LogP contribution in [0, 0.1) is 12.7 Å². The number of hydrogen-bond acceptors (Lipinski definition) is 6. The van der Waals surface area contributed by atoms with E-state index in [0.29, 0.717) is 42.3 Å². The summed E-state index contributed by atoms with van der Waals surface area (Å²) < 4.78 is 48.9. The molecule has 0 aliphatic carbocycles. The molecule has 3 aliphatic heterocycles. The summed E-state index contributed by atoms with van der Waals surface area (Å²) in [5.74, 6) is 0.953. The van der Waals surface area contributed by atoms with Gasteiger partial charge in [0.1, 0.15) is 24.0 Å². The fraction of sp³-hybridized carbons (Fsp3) is 0.318. The van der Waals surface area contributed by atoms with Crippen molar-refractivity contribution in [3.05, 3.63) is 64.2 Å². The Morgan fingerprint density at radius 3 is 2.80 bits per heavy atom. The van der Waals surface area contributed by atoms with Crippen LogP contribution < -0.4 is 9.47 Å². The molecule has 3 aliphatic rings. The number of nitrogens with zero attached hydrogens (tertiary/aromatic N) is 1. The number of sulfone groups is 1. The SMILES string of the molecule is Cc1c2c(cc3c1O/C(=C\c1cccc(F)c1)C3=O)CN([C@@H]1CCS(=O)(=O)C1)CO2. The smallest absolute Gasteiger partial charge is 0.231 e. The highest BCUT2D eigenvalue weighted by Crippen LogP contribution is 2.43. The van der Waals surface area contributed by atoms with Crippen LogP contribution in [-0.4, -0.2) is 43.4 Å². The van der Waals surface area contributed by atoms with Crippen LogP contribution in [0.4, 0.5) is 4.39 Å². The summed E-state index contributed by atoms with van der Waals surface area (Å²) in [4.78, 5) is 14.9. The number of carbonyl (C=O) groups excluding carboxylic acids is 1. The maximum Gasteiger partial charge on any atom is 0.231 e. The van der Waals surface area contributed by atoms with E-state index < -0.39 is 9.84 Å². The van der Waals surface area contributed by atoms with Gasteiger partial charge in [0.2, 0.25) is 5.78 Å². The van der Waals surface area contributed by atoms with Crippen LogP contribution >= 0.6 is 0 Å². The Bertz CT molecular complexity index is 1200. The molecule has 5 rings (SSSR count). The zero-order valence-corrected chi connectivity index (χ0v) is 17.2. The summed E-state index contributed by atoms with van der Waals surface area (Å²) in [5.41, 5.74) is 2.56. The van der Waals surface area contributed by atoms with Crippen molar-refractivity contribution in [2.24, 2.45) is 0 Å². The third-order valence-corrected chi connectivity index (χ3v) is 7.59. The van der Waals surface area contributed by atoms with Gasteiger partial charge in [0.05, 0.1) is 17.1 Å². The minimum Gasteiger partial charge on any atom is -0.477 e. The average molecular weight is 429 g/mol. The Labute approximate surface area is 173 Å². The Hall–Kier alpha value is -2.71. The van der Waals surface area contributed by atoms with Gasteiger partial charge in [-0.25, -0.2) is 12.8 Å². The van der Waals surface area contributed by atoms with Crippen LogP contribution in [0.15, 0.2) is 36.1 Å². The lowest BCUT2D eigenvalue weighted by molar-refractivity contribution is 0.0637. The molecule has 0 spiro atoms. The molecule has 156 valence electrons. The molecule has 0 radical (unpaired) electrons. The Balaban J connectivity index is 1.45. The number of Topliss-reactive ketones (excluding diaryl/α,β-unsaturated/α-hetero) is 1. The molecule has 6 nitrogen and oxygen atoms in total. The van der Waals surface area contributed by atoms with Crippen LogP contribution in [0.2, 0.25) is 0 Å². The fourth-order valence-electron chi connectivity index (χ4n) is 4.31. The second-order valence-corrected chi connectivity index (χ2v) is 10.2. The number of hydrogen-bond donors (Lipinski definition) is 0. The van der Waals surface area contributed by atoms with Gasteiger partial charge in [0.15, 0.2) is 15.6 Å². The van der Waals surface area contributed by atoms with E-state index in [2.05, 4.69) is 0 Å². The van der Waals surface area contributed by atoms with Crippen molar-refractivity contribution in [3.63, 3.8) is 0 Å². The maximum atomic E-state index is 13.5. The quantitative estimate of drug-likeness (QED) is 0.684. The van der Waals surface area contributed by atoms with Gasteiger partial charge in [-0.3, -0.25) is 9.69 Å². The Morgan fingerprint density at radius 1 is 1.23 bits per heavy atom. The van der Waals surface area contributed by atoms with E-state index >= 15 is 0 Å². The van der Waals surface area contributed by atoms with Crippen molar-refractivity contribution in [1.82, 2.24) is 4.90 Å². The first kappa shape index (κ1) is 19.3. The third kappa shape index (κ3) is 3.30. The summed E-state index contributed by atoms with van der Waals surface area (Å²) in [5, 5.41) is 0. The second kappa shape index (κ2) is 6.92. The van der Waals surface area contributed by atoms with Crippen molar-refractivity contribution in [1.29, 1.82) is 0 Å². The lowest BCUT2D eigenvalue weighted by atomic mass is 9.99. The third-order valence-electron chi connectivity index (χ3n) is 5.84. The molecular formula is C22H20FNO5S. The summed E-state index contributed by atoms with van der Waals surface area (Å²) >= 11 is 0. The molecule has 2 aromatic carbocycles. The van der Waals surface area contributed by atoms with E-state index in [9.17, 15) is 17.6 Å². The first-order valence-electron chi connectivity index (χ1n) is 9.74. The molecule has 3 heterocycles. The number of halogens is 1. The first-order valence-corrected chi connectivity index (χ1v) is 11.6. The van der Waals surface area contributed by atoms with Gasteiger partial charge in [-0.2, -0.15) is 0 Å². The van der Waals surface area contributed by atoms with Crippen molar-refractivity contribution < 1.29 is 27.1 Å². The molecule has 8 heteroatoms. The molecule has 0 saturated carbocycles. The average Bonchev–Trinajstić information content (AvgIpc) is 3.22. The van der Waals surface area contributed by atoms with E-state index in [0.717, 1.165) is 11.1 Å². The van der Waals surface area contributed by atoms with Gasteiger partial charge >= 0.3 is 0 Å². The van der Waals surface area contributed by atoms with Crippen LogP contribution in [0.25, 0.3) is 6.08 Å². The Morgan fingerprint density at radius 2 is 2.07 bits per heavy atom. The van der Waals surface area contributed by atoms with Gasteiger partial charge in [-0.05, 0) is 43.2 Å². The normalized spacial score (nSPS) is 23.7. The number of ether oxygens (including phenoxy) is 2. The second-order valence-electron chi connectivity index (χ2n) is 7.94. The van der Waals surface area contributed by atoms with Gasteiger partial charge in [0, 0.05) is 23.7 Å². The van der Waals surface area contributed by atoms with Crippen LogP contribution in [0.3, 0.4) is 0 Å². The van der Waals surface area contributed by atoms with E-state index in [-0.39, 0.29) is 34.9 Å². The molecule has 0 amide bonds. The number of ketones is 1. The molecule has 1 atom stereocenters. The molecule has 0 N–H and O–H groups in total. The van der Waals surface area contributed by atoms with Crippen molar-refractivity contribution in [2.45, 2.75) is 25.9 Å². The lowest BCUT2D eigenvalue weighted by Gasteiger charge is -2.33. The summed E-state index contributed by atoms with van der Waals surface area (Å²) in [7, 11) is -2.99. The molecule has 1 fully saturated rings. The number of benzene rings is 2. The number of rotatable bonds is 2. The van der Waals surface area contributed by atoms with Crippen molar-refractivity contribution in [3.8, 4) is 11.5 Å². The largest absolute Gasteiger partial charge is 0.477 e. The Kier molecular flexibility index (Phi) is 4.44. The molecule has 0 aromatic heterocycles. The first-order chi connectivity index (χ1) is 14.3. The van der Waals surface area contributed by atoms with Gasteiger partial charge in [0.25, 0.3) is 0 Å². The van der Waals surface area contributed by atoms with Crippen molar-refractivity contribution in [2.75, 3.05) is 18.2 Å². The summed E-state index contributed by atoms with van der Waals surface area (Å²) in [6, 6.07) is 7.63. The lowest BCUT2D eigenvalue weighted by Crippen LogP contribution is -2.41. The van der Waals surface area contributed by atoms with Gasteiger partial charge < -0.3 is 9.47 Å². The van der Waals surface area contributed by atoms with E-state index in [1.54, 1.807) is 18.2 Å². The minimum atomic E-state index is -2.99. The monoisotopic (exact) mass is 429 g/mol. The van der Waals surface area contributed by atoms with Gasteiger partial charge in [-0.1, -0.05) is 12.1 Å². The summed E-state index contributed by atoms with van der Waals surface area (Å²) in [6.07, 6.45) is 2.12. The van der Waals surface area contributed by atoms with E-state index in [1.165, 1.54) is 18.2 Å². The number of fused-ring (bicyclic) bond motifs is 2. The molecular weight excluding hydrogens is 409 g/mol. The standard InChI is InChI=1S/C22H20FNO5S/c1-13-21-15(10-24(12-28-21)17-5-6-30(26,27)11-17)9-18-20(25)19(29-22(13)18)8-14-3-2-4-16(23)7-14/h2-4,7-9,17H,5-6,10-12H2,1H3/b19-8-/t17-/m1/s1. The highest BCUT2D eigenvalue weighted by Gasteiger charge is 2.37. The van der Waals surface area contributed by atoms with Crippen LogP contribution in [0.5, 0.6) is 11.5 Å². The van der Waals surface area contributed by atoms with Crippen LogP contribution in [-0.2, 0) is 16.4 Å². The molecule has 1 saturated heterocycles. The van der Waals surface area contributed by atoms with Gasteiger partial charge in [-0.15, -0.1) is 0 Å². The predicted octanol–water partition coefficient (Wildman–Crippen LogP) is 3.09. The molecule has 2 aromatic rings. The molecule has 30 heavy (non-hydrogen) atoms. The zero-order chi connectivity index (χ0) is 21.0. The molecule has 0 unspecified atom stereocenters. The maximum absolute atomic E-state index is 13.5. The highest BCUT2D eigenvalue weighted by molar-refractivity contribution is 7.91. The summed E-state index contributed by atoms with van der Waals surface area (Å²) in [6.45, 7) is 2.65. The zero-order valence-electron chi connectivity index (χ0n) is 16.4. The fourth-order valence-corrected chi connectivity index (χ4v) is 6.07. The predicted molar refractivity (Wildman–Crippen MR) is 109 cm³/mol. The van der Waals surface area contributed by atoms with E-state index in [1.807, 2.05) is 11.8 Å². The topological polar surface area (TPSA) is 72.9 Å². The van der Waals surface area contributed by atoms with Crippen LogP contribution in [0.1, 0.15) is 33.5 Å².